The Morgan fingerprint density at radius 2 is 1.56 bits per heavy atom. The molecule has 0 radical (unpaired) electrons. The number of fused-ring (bicyclic) bond motifs is 3. The molecular formula is C27H30N2O5. The lowest BCUT2D eigenvalue weighted by atomic mass is 9.89. The van der Waals surface area contributed by atoms with Gasteiger partial charge in [-0.25, -0.2) is 4.79 Å². The van der Waals surface area contributed by atoms with Crippen LogP contribution >= 0.6 is 0 Å². The Morgan fingerprint density at radius 1 is 1.00 bits per heavy atom. The molecule has 3 unspecified atom stereocenters. The lowest BCUT2D eigenvalue weighted by Crippen LogP contribution is -2.52. The van der Waals surface area contributed by atoms with Crippen LogP contribution in [-0.4, -0.2) is 41.8 Å². The highest BCUT2D eigenvalue weighted by molar-refractivity contribution is 5.87. The fourth-order valence-electron chi connectivity index (χ4n) is 4.60. The summed E-state index contributed by atoms with van der Waals surface area (Å²) in [6.45, 7) is 5.27. The number of ether oxygens (including phenoxy) is 1. The molecule has 0 fully saturated rings. The van der Waals surface area contributed by atoms with Gasteiger partial charge in [0, 0.05) is 18.4 Å². The van der Waals surface area contributed by atoms with Crippen LogP contribution in [0.1, 0.15) is 44.2 Å². The van der Waals surface area contributed by atoms with E-state index in [0.717, 1.165) is 22.3 Å². The average Bonchev–Trinajstić information content (AvgIpc) is 3.10. The predicted octanol–water partition coefficient (Wildman–Crippen LogP) is 3.78. The van der Waals surface area contributed by atoms with E-state index in [1.54, 1.807) is 20.8 Å². The zero-order chi connectivity index (χ0) is 24.8. The maximum absolute atomic E-state index is 12.7. The topological polar surface area (TPSA) is 105 Å². The second kappa shape index (κ2) is 10.9. The van der Waals surface area contributed by atoms with Crippen molar-refractivity contribution in [1.82, 2.24) is 10.6 Å². The Hall–Kier alpha value is -3.79. The van der Waals surface area contributed by atoms with Crippen molar-refractivity contribution in [2.24, 2.45) is 11.8 Å². The van der Waals surface area contributed by atoms with Gasteiger partial charge >= 0.3 is 12.1 Å². The van der Waals surface area contributed by atoms with Gasteiger partial charge in [-0.2, -0.15) is 0 Å². The van der Waals surface area contributed by atoms with Crippen molar-refractivity contribution in [2.75, 3.05) is 6.61 Å². The van der Waals surface area contributed by atoms with E-state index < -0.39 is 36.0 Å². The first-order valence-electron chi connectivity index (χ1n) is 11.3. The smallest absolute Gasteiger partial charge is 0.407 e. The lowest BCUT2D eigenvalue weighted by molar-refractivity contribution is -0.144. The number of alkyl carbamates (subject to hydrolysis) is 1. The number of benzene rings is 2. The molecule has 34 heavy (non-hydrogen) atoms. The summed E-state index contributed by atoms with van der Waals surface area (Å²) < 4.78 is 5.50. The second-order valence-electron chi connectivity index (χ2n) is 8.84. The maximum atomic E-state index is 12.7. The minimum atomic E-state index is -1.04. The molecule has 1 aliphatic rings. The SMILES string of the molecule is C#CCC(NC(=O)OCC1c2ccccc2-c2ccccc21)C(=O)NC(C)C(C(=O)O)C(C)C. The number of amides is 2. The number of aliphatic carboxylic acids is 1. The van der Waals surface area contributed by atoms with Crippen molar-refractivity contribution in [1.29, 1.82) is 0 Å². The summed E-state index contributed by atoms with van der Waals surface area (Å²) in [4.78, 5) is 36.9. The van der Waals surface area contributed by atoms with E-state index >= 15 is 0 Å². The quantitative estimate of drug-likeness (QED) is 0.492. The minimum absolute atomic E-state index is 0.0534. The number of nitrogens with one attached hydrogen (secondary N) is 2. The summed E-state index contributed by atoms with van der Waals surface area (Å²) in [7, 11) is 0. The van der Waals surface area contributed by atoms with Crippen molar-refractivity contribution < 1.29 is 24.2 Å². The third-order valence-electron chi connectivity index (χ3n) is 6.19. The Morgan fingerprint density at radius 3 is 2.06 bits per heavy atom. The molecule has 7 heteroatoms. The van der Waals surface area contributed by atoms with Gasteiger partial charge in [0.05, 0.1) is 5.92 Å². The van der Waals surface area contributed by atoms with E-state index in [2.05, 4.69) is 16.6 Å². The molecule has 3 N–H and O–H groups in total. The molecule has 0 aliphatic heterocycles. The highest BCUT2D eigenvalue weighted by Gasteiger charge is 2.32. The number of rotatable bonds is 9. The summed E-state index contributed by atoms with van der Waals surface area (Å²) in [5, 5.41) is 14.7. The number of hydrogen-bond donors (Lipinski definition) is 3. The van der Waals surface area contributed by atoms with Crippen LogP contribution in [0.4, 0.5) is 4.79 Å². The molecule has 0 saturated heterocycles. The first kappa shape index (κ1) is 24.8. The van der Waals surface area contributed by atoms with E-state index in [-0.39, 0.29) is 24.9 Å². The summed E-state index contributed by atoms with van der Waals surface area (Å²) in [5.41, 5.74) is 4.39. The first-order chi connectivity index (χ1) is 16.2. The third-order valence-corrected chi connectivity index (χ3v) is 6.19. The van der Waals surface area contributed by atoms with Crippen molar-refractivity contribution in [3.63, 3.8) is 0 Å². The number of carboxylic acids is 1. The van der Waals surface area contributed by atoms with Gasteiger partial charge < -0.3 is 20.5 Å². The molecule has 2 aromatic rings. The van der Waals surface area contributed by atoms with Crippen molar-refractivity contribution in [3.05, 3.63) is 59.7 Å². The summed E-state index contributed by atoms with van der Waals surface area (Å²) >= 11 is 0. The van der Waals surface area contributed by atoms with Crippen LogP contribution in [0.15, 0.2) is 48.5 Å². The Balaban J connectivity index is 1.64. The third kappa shape index (κ3) is 5.40. The van der Waals surface area contributed by atoms with Gasteiger partial charge in [0.1, 0.15) is 12.6 Å². The van der Waals surface area contributed by atoms with Crippen LogP contribution < -0.4 is 10.6 Å². The normalized spacial score (nSPS) is 14.8. The molecule has 0 saturated carbocycles. The van der Waals surface area contributed by atoms with Crippen LogP contribution in [0.5, 0.6) is 0 Å². The predicted molar refractivity (Wildman–Crippen MR) is 129 cm³/mol. The molecule has 2 aromatic carbocycles. The molecule has 1 aliphatic carbocycles. The van der Waals surface area contributed by atoms with E-state index in [1.165, 1.54) is 0 Å². The monoisotopic (exact) mass is 462 g/mol. The fourth-order valence-corrected chi connectivity index (χ4v) is 4.60. The standard InChI is InChI=1S/C27H30N2O5/c1-5-10-23(25(30)28-17(4)24(16(2)3)26(31)32)29-27(33)34-15-22-20-13-8-6-11-18(20)19-12-7-9-14-21(19)22/h1,6-9,11-14,16-17,22-24H,10,15H2,2-4H3,(H,28,30)(H,29,33)(H,31,32). The number of hydrogen-bond acceptors (Lipinski definition) is 4. The molecule has 0 spiro atoms. The van der Waals surface area contributed by atoms with Crippen LogP contribution in [0.25, 0.3) is 11.1 Å². The van der Waals surface area contributed by atoms with Gasteiger partial charge in [-0.15, -0.1) is 12.3 Å². The first-order valence-corrected chi connectivity index (χ1v) is 11.3. The summed E-state index contributed by atoms with van der Waals surface area (Å²) in [6, 6.07) is 14.3. The highest BCUT2D eigenvalue weighted by Crippen LogP contribution is 2.44. The molecule has 0 heterocycles. The zero-order valence-electron chi connectivity index (χ0n) is 19.6. The minimum Gasteiger partial charge on any atom is -0.481 e. The highest BCUT2D eigenvalue weighted by atomic mass is 16.5. The zero-order valence-corrected chi connectivity index (χ0v) is 19.6. The maximum Gasteiger partial charge on any atom is 0.407 e. The number of carboxylic acid groups (broad SMARTS) is 1. The van der Waals surface area contributed by atoms with Gasteiger partial charge in [0.25, 0.3) is 0 Å². The number of carbonyl (C=O) groups excluding carboxylic acids is 2. The van der Waals surface area contributed by atoms with Gasteiger partial charge in [0.15, 0.2) is 0 Å². The Kier molecular flexibility index (Phi) is 7.95. The second-order valence-corrected chi connectivity index (χ2v) is 8.84. The molecular weight excluding hydrogens is 432 g/mol. The van der Waals surface area contributed by atoms with Gasteiger partial charge in [-0.3, -0.25) is 9.59 Å². The van der Waals surface area contributed by atoms with E-state index in [4.69, 9.17) is 11.2 Å². The summed E-state index contributed by atoms with van der Waals surface area (Å²) in [6.07, 6.45) is 4.58. The Labute approximate surface area is 199 Å². The van der Waals surface area contributed by atoms with Crippen LogP contribution in [-0.2, 0) is 14.3 Å². The van der Waals surface area contributed by atoms with Gasteiger partial charge in [0.2, 0.25) is 5.91 Å². The fraction of sp³-hybridized carbons (Fsp3) is 0.370. The van der Waals surface area contributed by atoms with Crippen molar-refractivity contribution >= 4 is 18.0 Å². The van der Waals surface area contributed by atoms with E-state index in [0.29, 0.717) is 0 Å². The number of carbonyl (C=O) groups is 3. The molecule has 0 bridgehead atoms. The molecule has 2 amide bonds. The molecule has 3 rings (SSSR count). The van der Waals surface area contributed by atoms with Crippen molar-refractivity contribution in [3.8, 4) is 23.5 Å². The van der Waals surface area contributed by atoms with Gasteiger partial charge in [-0.05, 0) is 35.1 Å². The molecule has 0 aromatic heterocycles. The van der Waals surface area contributed by atoms with Crippen LogP contribution in [0, 0.1) is 24.2 Å². The van der Waals surface area contributed by atoms with E-state index in [9.17, 15) is 19.5 Å². The van der Waals surface area contributed by atoms with Gasteiger partial charge in [-0.1, -0.05) is 62.4 Å². The molecule has 7 nitrogen and oxygen atoms in total. The van der Waals surface area contributed by atoms with E-state index in [1.807, 2.05) is 48.5 Å². The largest absolute Gasteiger partial charge is 0.481 e. The summed E-state index contributed by atoms with van der Waals surface area (Å²) in [5.74, 6) is -0.242. The lowest BCUT2D eigenvalue weighted by Gasteiger charge is -2.26. The van der Waals surface area contributed by atoms with Crippen LogP contribution in [0.3, 0.4) is 0 Å². The van der Waals surface area contributed by atoms with Crippen LogP contribution in [0.2, 0.25) is 0 Å². The number of terminal acetylenes is 1. The molecule has 178 valence electrons. The van der Waals surface area contributed by atoms with Crippen molar-refractivity contribution in [2.45, 2.75) is 45.2 Å². The average molecular weight is 463 g/mol. The molecule has 3 atom stereocenters. The Bertz CT molecular complexity index is 1060.